The van der Waals surface area contributed by atoms with Crippen molar-refractivity contribution in [2.24, 2.45) is 0 Å². The van der Waals surface area contributed by atoms with Crippen molar-refractivity contribution < 1.29 is 14.3 Å². The molecule has 1 saturated heterocycles. The van der Waals surface area contributed by atoms with Crippen molar-refractivity contribution in [1.29, 1.82) is 0 Å². The number of anilines is 3. The van der Waals surface area contributed by atoms with Crippen LogP contribution >= 0.6 is 0 Å². The van der Waals surface area contributed by atoms with Gasteiger partial charge in [0.25, 0.3) is 5.91 Å². The van der Waals surface area contributed by atoms with Crippen LogP contribution in [0.25, 0.3) is 11.0 Å². The minimum Gasteiger partial charge on any atom is -0.456 e. The van der Waals surface area contributed by atoms with Crippen molar-refractivity contribution in [3.63, 3.8) is 0 Å². The number of carbonyl (C=O) groups is 2. The summed E-state index contributed by atoms with van der Waals surface area (Å²) in [6.45, 7) is 2.06. The first-order chi connectivity index (χ1) is 21.3. The molecule has 4 aromatic rings. The number of nitrogens with one attached hydrogen (secondary N) is 3. The molecule has 1 atom stereocenters. The zero-order chi connectivity index (χ0) is 30.6. The molecule has 1 aliphatic heterocycles. The molecule has 0 unspecified atom stereocenters. The molecule has 12 nitrogen and oxygen atoms in total. The van der Waals surface area contributed by atoms with Gasteiger partial charge in [0.2, 0.25) is 5.91 Å². The van der Waals surface area contributed by atoms with E-state index >= 15 is 0 Å². The van der Waals surface area contributed by atoms with Crippen LogP contribution in [-0.2, 0) is 4.79 Å². The number of likely N-dealkylation sites (tertiary alicyclic amines) is 1. The highest BCUT2D eigenvalue weighted by Crippen LogP contribution is 2.34. The largest absolute Gasteiger partial charge is 0.456 e. The number of likely N-dealkylation sites (N-methyl/N-ethyl adjacent to an activating group) is 1. The van der Waals surface area contributed by atoms with Gasteiger partial charge in [-0.15, -0.1) is 0 Å². The highest BCUT2D eigenvalue weighted by Gasteiger charge is 2.27. The van der Waals surface area contributed by atoms with E-state index in [0.29, 0.717) is 58.9 Å². The lowest BCUT2D eigenvalue weighted by molar-refractivity contribution is -0.125. The molecule has 228 valence electrons. The average molecular weight is 596 g/mol. The molecule has 4 heterocycles. The Balaban J connectivity index is 1.08. The van der Waals surface area contributed by atoms with E-state index in [4.69, 9.17) is 4.74 Å². The first kappa shape index (κ1) is 29.1. The standard InChI is InChI=1S/C32H37N9O3/c1-39(2)24-12-15-33-27(19-24)36-32(43)21-6-10-25(11-7-21)44-26-13-16-34-30-29(26)31(38-37-30)35-22-14-18-41(20-22)28(42)5-4-17-40(3)23-8-9-23/h4-7,10-13,15-16,19,22-23H,8-9,14,17-18,20H2,1-3H3,(H,33,36,43)(H2,34,35,37,38)/t22-/m1/s1. The highest BCUT2D eigenvalue weighted by atomic mass is 16.5. The second-order valence-electron chi connectivity index (χ2n) is 11.5. The van der Waals surface area contributed by atoms with Gasteiger partial charge in [-0.2, -0.15) is 5.10 Å². The number of pyridine rings is 2. The lowest BCUT2D eigenvalue weighted by Gasteiger charge is -2.16. The Morgan fingerprint density at radius 1 is 1.07 bits per heavy atom. The maximum Gasteiger partial charge on any atom is 0.256 e. The fourth-order valence-electron chi connectivity index (χ4n) is 5.23. The molecular weight excluding hydrogens is 558 g/mol. The second-order valence-corrected chi connectivity index (χ2v) is 11.5. The molecule has 2 fully saturated rings. The maximum absolute atomic E-state index is 12.8. The van der Waals surface area contributed by atoms with E-state index in [9.17, 15) is 9.59 Å². The number of ether oxygens (including phenoxy) is 1. The molecular formula is C32H37N9O3. The molecule has 3 aromatic heterocycles. The number of benzene rings is 1. The summed E-state index contributed by atoms with van der Waals surface area (Å²) in [6, 6.07) is 13.1. The van der Waals surface area contributed by atoms with Gasteiger partial charge in [0, 0.05) is 87.7 Å². The Bertz CT molecular complexity index is 1660. The molecule has 44 heavy (non-hydrogen) atoms. The Morgan fingerprint density at radius 3 is 2.64 bits per heavy atom. The number of rotatable bonds is 11. The first-order valence-electron chi connectivity index (χ1n) is 14.8. The van der Waals surface area contributed by atoms with Crippen LogP contribution in [0.1, 0.15) is 29.6 Å². The molecule has 1 aliphatic carbocycles. The smallest absolute Gasteiger partial charge is 0.256 e. The van der Waals surface area contributed by atoms with Gasteiger partial charge in [-0.25, -0.2) is 9.97 Å². The topological polar surface area (TPSA) is 132 Å². The zero-order valence-electron chi connectivity index (χ0n) is 25.2. The zero-order valence-corrected chi connectivity index (χ0v) is 25.2. The van der Waals surface area contributed by atoms with Crippen LogP contribution in [0.5, 0.6) is 11.5 Å². The average Bonchev–Trinajstić information content (AvgIpc) is 3.64. The van der Waals surface area contributed by atoms with Crippen LogP contribution in [-0.4, -0.2) is 94.6 Å². The van der Waals surface area contributed by atoms with Gasteiger partial charge in [0.05, 0.1) is 0 Å². The predicted octanol–water partition coefficient (Wildman–Crippen LogP) is 4.13. The van der Waals surface area contributed by atoms with E-state index in [1.807, 2.05) is 42.1 Å². The van der Waals surface area contributed by atoms with Crippen LogP contribution in [0.3, 0.4) is 0 Å². The van der Waals surface area contributed by atoms with Crippen molar-refractivity contribution in [1.82, 2.24) is 30.0 Å². The monoisotopic (exact) mass is 595 g/mol. The van der Waals surface area contributed by atoms with Crippen molar-refractivity contribution in [2.75, 3.05) is 56.3 Å². The fraction of sp³-hybridized carbons (Fsp3) is 0.344. The normalized spacial score (nSPS) is 16.5. The van der Waals surface area contributed by atoms with Crippen molar-refractivity contribution in [3.8, 4) is 11.5 Å². The summed E-state index contributed by atoms with van der Waals surface area (Å²) in [4.78, 5) is 40.3. The second kappa shape index (κ2) is 12.7. The Hall–Kier alpha value is -4.97. The molecule has 2 aliphatic rings. The molecule has 0 bridgehead atoms. The van der Waals surface area contributed by atoms with Crippen LogP contribution in [0.4, 0.5) is 17.3 Å². The number of amides is 2. The van der Waals surface area contributed by atoms with Crippen LogP contribution < -0.4 is 20.3 Å². The summed E-state index contributed by atoms with van der Waals surface area (Å²) in [5, 5.41) is 14.5. The van der Waals surface area contributed by atoms with E-state index in [1.54, 1.807) is 48.8 Å². The third-order valence-corrected chi connectivity index (χ3v) is 7.93. The Morgan fingerprint density at radius 2 is 1.86 bits per heavy atom. The van der Waals surface area contributed by atoms with Crippen molar-refractivity contribution in [2.45, 2.75) is 31.3 Å². The van der Waals surface area contributed by atoms with Crippen molar-refractivity contribution >= 4 is 40.2 Å². The van der Waals surface area contributed by atoms with Gasteiger partial charge in [-0.05, 0) is 56.6 Å². The molecule has 0 radical (unpaired) electrons. The molecule has 3 N–H and O–H groups in total. The van der Waals surface area contributed by atoms with E-state index in [-0.39, 0.29) is 17.9 Å². The minimum absolute atomic E-state index is 0.0338. The van der Waals surface area contributed by atoms with Gasteiger partial charge in [-0.3, -0.25) is 19.6 Å². The highest BCUT2D eigenvalue weighted by molar-refractivity contribution is 6.04. The summed E-state index contributed by atoms with van der Waals surface area (Å²) in [6.07, 6.45) is 10.3. The molecule has 6 rings (SSSR count). The number of nitrogens with zero attached hydrogens (tertiary/aromatic N) is 6. The van der Waals surface area contributed by atoms with E-state index in [1.165, 1.54) is 12.8 Å². The lowest BCUT2D eigenvalue weighted by Crippen LogP contribution is -2.30. The molecule has 12 heteroatoms. The third kappa shape index (κ3) is 6.81. The number of hydrogen-bond donors (Lipinski definition) is 3. The molecule has 1 aromatic carbocycles. The summed E-state index contributed by atoms with van der Waals surface area (Å²) in [5.41, 5.74) is 2.00. The van der Waals surface area contributed by atoms with Crippen molar-refractivity contribution in [3.05, 3.63) is 72.6 Å². The number of hydrogen-bond acceptors (Lipinski definition) is 9. The summed E-state index contributed by atoms with van der Waals surface area (Å²) < 4.78 is 6.23. The number of fused-ring (bicyclic) bond motifs is 1. The van der Waals surface area contributed by atoms with Crippen LogP contribution in [0.15, 0.2) is 67.0 Å². The number of aromatic nitrogens is 4. The quantitative estimate of drug-likeness (QED) is 0.219. The van der Waals surface area contributed by atoms with Gasteiger partial charge in [-0.1, -0.05) is 6.08 Å². The molecule has 2 amide bonds. The summed E-state index contributed by atoms with van der Waals surface area (Å²) in [5.74, 6) is 1.99. The van der Waals surface area contributed by atoms with E-state index in [2.05, 4.69) is 42.7 Å². The molecule has 0 spiro atoms. The predicted molar refractivity (Wildman–Crippen MR) is 170 cm³/mol. The third-order valence-electron chi connectivity index (χ3n) is 7.93. The maximum atomic E-state index is 12.8. The SMILES string of the molecule is CN(C)c1ccnc(NC(=O)c2ccc(Oc3ccnc4[nH]nc(N[C@@H]5CCN(C(=O)C=CCN(C)C6CC6)C5)c34)cc2)c1. The minimum atomic E-state index is -0.266. The Labute approximate surface area is 256 Å². The van der Waals surface area contributed by atoms with E-state index < -0.39 is 0 Å². The molecule has 1 saturated carbocycles. The van der Waals surface area contributed by atoms with Crippen LogP contribution in [0, 0.1) is 0 Å². The number of aromatic amines is 1. The number of H-pyrrole nitrogens is 1. The summed E-state index contributed by atoms with van der Waals surface area (Å²) in [7, 11) is 5.96. The van der Waals surface area contributed by atoms with Gasteiger partial charge in [0.1, 0.15) is 22.7 Å². The Kier molecular flexibility index (Phi) is 8.42. The fourth-order valence-corrected chi connectivity index (χ4v) is 5.23. The van der Waals surface area contributed by atoms with Gasteiger partial charge < -0.3 is 25.2 Å². The first-order valence-corrected chi connectivity index (χ1v) is 14.8. The van der Waals surface area contributed by atoms with Gasteiger partial charge >= 0.3 is 0 Å². The number of carbonyl (C=O) groups excluding carboxylic acids is 2. The van der Waals surface area contributed by atoms with E-state index in [0.717, 1.165) is 18.7 Å². The van der Waals surface area contributed by atoms with Crippen LogP contribution in [0.2, 0.25) is 0 Å². The summed E-state index contributed by atoms with van der Waals surface area (Å²) >= 11 is 0. The lowest BCUT2D eigenvalue weighted by atomic mass is 10.2. The van der Waals surface area contributed by atoms with Gasteiger partial charge in [0.15, 0.2) is 11.5 Å².